The maximum Gasteiger partial charge on any atom is 0.131 e. The molecule has 1 unspecified atom stereocenters. The minimum atomic E-state index is -0.366. The average molecular weight is 296 g/mol. The van der Waals surface area contributed by atoms with Crippen LogP contribution in [0.5, 0.6) is 5.75 Å². The third-order valence-corrected chi connectivity index (χ3v) is 3.86. The molecule has 1 heterocycles. The highest BCUT2D eigenvalue weighted by Gasteiger charge is 2.23. The second-order valence-corrected chi connectivity index (χ2v) is 5.77. The predicted molar refractivity (Wildman–Crippen MR) is 80.9 cm³/mol. The molecule has 0 aliphatic carbocycles. The van der Waals surface area contributed by atoms with E-state index in [1.54, 1.807) is 12.1 Å². The lowest BCUT2D eigenvalue weighted by Gasteiger charge is -2.35. The van der Waals surface area contributed by atoms with Gasteiger partial charge in [-0.25, -0.2) is 4.39 Å². The van der Waals surface area contributed by atoms with Crippen molar-refractivity contribution in [2.45, 2.75) is 38.5 Å². The maximum atomic E-state index is 14.0. The zero-order chi connectivity index (χ0) is 15.4. The van der Waals surface area contributed by atoms with E-state index in [0.717, 1.165) is 19.6 Å². The number of methoxy groups -OCH3 is 1. The molecule has 0 aromatic heterocycles. The van der Waals surface area contributed by atoms with Crippen LogP contribution in [-0.4, -0.2) is 43.9 Å². The summed E-state index contributed by atoms with van der Waals surface area (Å²) >= 11 is 0. The topological polar surface area (TPSA) is 47.7 Å². The Morgan fingerprint density at radius 3 is 2.67 bits per heavy atom. The molecule has 1 fully saturated rings. The van der Waals surface area contributed by atoms with Gasteiger partial charge < -0.3 is 15.2 Å². The van der Waals surface area contributed by atoms with Crippen molar-refractivity contribution >= 4 is 0 Å². The molecule has 21 heavy (non-hydrogen) atoms. The average Bonchev–Trinajstić information content (AvgIpc) is 2.43. The second kappa shape index (κ2) is 7.20. The molecule has 3 atom stereocenters. The van der Waals surface area contributed by atoms with Crippen molar-refractivity contribution in [1.82, 2.24) is 4.90 Å². The number of morpholine rings is 1. The van der Waals surface area contributed by atoms with Crippen LogP contribution in [0.3, 0.4) is 0 Å². The highest BCUT2D eigenvalue weighted by Crippen LogP contribution is 2.28. The summed E-state index contributed by atoms with van der Waals surface area (Å²) in [6.45, 7) is 6.76. The first-order chi connectivity index (χ1) is 10.0. The molecule has 2 N–H and O–H groups in total. The highest BCUT2D eigenvalue weighted by molar-refractivity contribution is 5.37. The van der Waals surface area contributed by atoms with Crippen molar-refractivity contribution in [1.29, 1.82) is 0 Å². The van der Waals surface area contributed by atoms with Crippen molar-refractivity contribution < 1.29 is 13.9 Å². The fraction of sp³-hybridized carbons (Fsp3) is 0.625. The first kappa shape index (κ1) is 16.2. The number of ether oxygens (including phenoxy) is 2. The fourth-order valence-electron chi connectivity index (χ4n) is 2.99. The van der Waals surface area contributed by atoms with Gasteiger partial charge in [-0.3, -0.25) is 4.90 Å². The van der Waals surface area contributed by atoms with Crippen LogP contribution >= 0.6 is 0 Å². The molecule has 0 spiro atoms. The molecule has 1 aliphatic heterocycles. The molecule has 0 saturated carbocycles. The number of hydrogen-bond acceptors (Lipinski definition) is 4. The molecule has 0 radical (unpaired) electrons. The Hall–Kier alpha value is -1.17. The number of nitrogens with zero attached hydrogens (tertiary/aromatic N) is 1. The fourth-order valence-corrected chi connectivity index (χ4v) is 2.99. The summed E-state index contributed by atoms with van der Waals surface area (Å²) in [5.41, 5.74) is 6.65. The van der Waals surface area contributed by atoms with Gasteiger partial charge in [-0.15, -0.1) is 0 Å². The number of benzene rings is 1. The van der Waals surface area contributed by atoms with Crippen molar-refractivity contribution in [3.8, 4) is 5.75 Å². The van der Waals surface area contributed by atoms with Gasteiger partial charge in [0.05, 0.1) is 19.3 Å². The van der Waals surface area contributed by atoms with E-state index in [9.17, 15) is 4.39 Å². The zero-order valence-electron chi connectivity index (χ0n) is 13.0. The number of hydrogen-bond donors (Lipinski definition) is 1. The van der Waals surface area contributed by atoms with Crippen molar-refractivity contribution in [3.63, 3.8) is 0 Å². The van der Waals surface area contributed by atoms with Crippen LogP contribution in [0, 0.1) is 5.82 Å². The van der Waals surface area contributed by atoms with E-state index in [1.165, 1.54) is 13.2 Å². The van der Waals surface area contributed by atoms with E-state index in [-0.39, 0.29) is 24.1 Å². The van der Waals surface area contributed by atoms with E-state index in [4.69, 9.17) is 15.2 Å². The summed E-state index contributed by atoms with van der Waals surface area (Å²) in [4.78, 5) is 2.33. The van der Waals surface area contributed by atoms with Gasteiger partial charge in [0.2, 0.25) is 0 Å². The van der Waals surface area contributed by atoms with E-state index < -0.39 is 0 Å². The lowest BCUT2D eigenvalue weighted by atomic mass is 10.0. The zero-order valence-corrected chi connectivity index (χ0v) is 13.0. The first-order valence-electron chi connectivity index (χ1n) is 7.47. The summed E-state index contributed by atoms with van der Waals surface area (Å²) < 4.78 is 24.9. The minimum absolute atomic E-state index is 0.230. The smallest absolute Gasteiger partial charge is 0.131 e. The van der Waals surface area contributed by atoms with E-state index in [0.29, 0.717) is 17.7 Å². The van der Waals surface area contributed by atoms with Crippen LogP contribution in [0.1, 0.15) is 31.9 Å². The molecule has 1 aromatic carbocycles. The molecular formula is C16H25FN2O2. The molecule has 1 saturated heterocycles. The standard InChI is InChI=1S/C16H25FN2O2/c1-11-9-19(10-12(2)21-11)8-7-14(18)16-13(17)5-4-6-15(16)20-3/h4-6,11-12,14H,7-10,18H2,1-3H3/t11-,12+,14?. The summed E-state index contributed by atoms with van der Waals surface area (Å²) in [6, 6.07) is 4.44. The van der Waals surface area contributed by atoms with Crippen LogP contribution < -0.4 is 10.5 Å². The molecule has 0 bridgehead atoms. The largest absolute Gasteiger partial charge is 0.496 e. The molecule has 4 nitrogen and oxygen atoms in total. The Bertz CT molecular complexity index is 460. The van der Waals surface area contributed by atoms with Gasteiger partial charge in [0.15, 0.2) is 0 Å². The third-order valence-electron chi connectivity index (χ3n) is 3.86. The maximum absolute atomic E-state index is 14.0. The monoisotopic (exact) mass is 296 g/mol. The summed E-state index contributed by atoms with van der Waals surface area (Å²) in [7, 11) is 1.54. The molecule has 1 aromatic rings. The molecule has 118 valence electrons. The number of nitrogens with two attached hydrogens (primary N) is 1. The molecule has 2 rings (SSSR count). The Kier molecular flexibility index (Phi) is 5.56. The molecule has 1 aliphatic rings. The van der Waals surface area contributed by atoms with Gasteiger partial charge in [0, 0.05) is 31.2 Å². The van der Waals surface area contributed by atoms with Crippen LogP contribution in [0.4, 0.5) is 4.39 Å². The predicted octanol–water partition coefficient (Wildman–Crippen LogP) is 2.33. The summed E-state index contributed by atoms with van der Waals surface area (Å²) in [6.07, 6.45) is 1.15. The normalized spacial score (nSPS) is 24.8. The van der Waals surface area contributed by atoms with Gasteiger partial charge in [0.1, 0.15) is 11.6 Å². The quantitative estimate of drug-likeness (QED) is 0.906. The van der Waals surface area contributed by atoms with E-state index >= 15 is 0 Å². The van der Waals surface area contributed by atoms with Gasteiger partial charge in [0.25, 0.3) is 0 Å². The Balaban J connectivity index is 1.97. The molecular weight excluding hydrogens is 271 g/mol. The van der Waals surface area contributed by atoms with Gasteiger partial charge in [-0.05, 0) is 32.4 Å². The van der Waals surface area contributed by atoms with Gasteiger partial charge >= 0.3 is 0 Å². The van der Waals surface area contributed by atoms with Gasteiger partial charge in [-0.1, -0.05) is 6.07 Å². The lowest BCUT2D eigenvalue weighted by Crippen LogP contribution is -2.46. The molecule has 5 heteroatoms. The van der Waals surface area contributed by atoms with Gasteiger partial charge in [-0.2, -0.15) is 0 Å². The van der Waals surface area contributed by atoms with Crippen LogP contribution in [0.15, 0.2) is 18.2 Å². The summed E-state index contributed by atoms with van der Waals surface area (Å²) in [5.74, 6) is 0.219. The van der Waals surface area contributed by atoms with Crippen LogP contribution in [0.25, 0.3) is 0 Å². The first-order valence-corrected chi connectivity index (χ1v) is 7.47. The second-order valence-electron chi connectivity index (χ2n) is 5.77. The van der Waals surface area contributed by atoms with Crippen molar-refractivity contribution in [2.24, 2.45) is 5.73 Å². The number of rotatable bonds is 5. The third kappa shape index (κ3) is 4.15. The van der Waals surface area contributed by atoms with E-state index in [1.807, 2.05) is 0 Å². The summed E-state index contributed by atoms with van der Waals surface area (Å²) in [5, 5.41) is 0. The SMILES string of the molecule is COc1cccc(F)c1C(N)CCN1C[C@@H](C)O[C@@H](C)C1. The van der Waals surface area contributed by atoms with Crippen LogP contribution in [-0.2, 0) is 4.74 Å². The number of halogens is 1. The van der Waals surface area contributed by atoms with Crippen molar-refractivity contribution in [3.05, 3.63) is 29.6 Å². The Labute approximate surface area is 126 Å². The molecule has 0 amide bonds. The Morgan fingerprint density at radius 2 is 2.05 bits per heavy atom. The van der Waals surface area contributed by atoms with E-state index in [2.05, 4.69) is 18.7 Å². The minimum Gasteiger partial charge on any atom is -0.496 e. The Morgan fingerprint density at radius 1 is 1.38 bits per heavy atom. The lowest BCUT2D eigenvalue weighted by molar-refractivity contribution is -0.0684. The van der Waals surface area contributed by atoms with Crippen LogP contribution in [0.2, 0.25) is 0 Å². The van der Waals surface area contributed by atoms with Crippen molar-refractivity contribution in [2.75, 3.05) is 26.7 Å². The highest BCUT2D eigenvalue weighted by atomic mass is 19.1.